The van der Waals surface area contributed by atoms with Crippen molar-refractivity contribution < 1.29 is 12.4 Å². The van der Waals surface area contributed by atoms with E-state index in [-0.39, 0.29) is 12.4 Å². The second kappa shape index (κ2) is 8.57. The first-order valence-corrected chi connectivity index (χ1v) is 8.28. The molecule has 3 aromatic rings. The number of nitrogens with one attached hydrogen (secondary N) is 1. The van der Waals surface area contributed by atoms with E-state index in [2.05, 4.69) is 40.8 Å². The summed E-state index contributed by atoms with van der Waals surface area (Å²) in [5, 5.41) is 12.9. The monoisotopic (exact) mass is 358 g/mol. The van der Waals surface area contributed by atoms with Gasteiger partial charge in [-0.05, 0) is 29.8 Å². The second-order valence-electron chi connectivity index (χ2n) is 5.32. The van der Waals surface area contributed by atoms with Crippen LogP contribution in [-0.4, -0.2) is 4.57 Å². The number of thiazole rings is 1. The van der Waals surface area contributed by atoms with Gasteiger partial charge in [-0.3, -0.25) is 0 Å². The first-order valence-electron chi connectivity index (χ1n) is 7.46. The van der Waals surface area contributed by atoms with Crippen LogP contribution >= 0.6 is 11.3 Å². The van der Waals surface area contributed by atoms with E-state index >= 15 is 0 Å². The van der Waals surface area contributed by atoms with Gasteiger partial charge < -0.3 is 17.7 Å². The summed E-state index contributed by atoms with van der Waals surface area (Å²) >= 11 is 1.63. The maximum absolute atomic E-state index is 4.31. The highest BCUT2D eigenvalue weighted by atomic mass is 35.5. The molecule has 0 saturated carbocycles. The van der Waals surface area contributed by atoms with Crippen molar-refractivity contribution in [3.63, 3.8) is 0 Å². The summed E-state index contributed by atoms with van der Waals surface area (Å²) in [7, 11) is 1.98. The Morgan fingerprint density at radius 2 is 1.79 bits per heavy atom. The van der Waals surface area contributed by atoms with E-state index in [1.165, 1.54) is 10.4 Å². The van der Waals surface area contributed by atoms with E-state index in [0.717, 1.165) is 23.1 Å². The van der Waals surface area contributed by atoms with E-state index in [1.54, 1.807) is 11.3 Å². The molecule has 1 N–H and O–H groups in total. The molecule has 0 aliphatic carbocycles. The molecule has 124 valence electrons. The minimum atomic E-state index is 0. The Morgan fingerprint density at radius 1 is 1.08 bits per heavy atom. The van der Waals surface area contributed by atoms with Crippen molar-refractivity contribution in [2.75, 3.05) is 5.32 Å². The van der Waals surface area contributed by atoms with Crippen LogP contribution in [0, 0.1) is 6.92 Å². The standard InChI is InChI=1S/C18H19N4S.ClH/c1-14-13-22(2)18(23-14)21-20-17-10-8-16(9-11-17)19-12-15-6-4-3-5-7-15;/h3-11,13,19H,12H2,1-2H3;1H/q+1;/p-1. The van der Waals surface area contributed by atoms with Gasteiger partial charge in [0.2, 0.25) is 0 Å². The molecule has 0 radical (unpaired) electrons. The number of halogens is 1. The highest BCUT2D eigenvalue weighted by Crippen LogP contribution is 2.26. The first-order chi connectivity index (χ1) is 11.2. The van der Waals surface area contributed by atoms with E-state index in [9.17, 15) is 0 Å². The number of hydrogen-bond acceptors (Lipinski definition) is 4. The molecule has 0 atom stereocenters. The minimum Gasteiger partial charge on any atom is -1.00 e. The third-order valence-electron chi connectivity index (χ3n) is 3.39. The number of azo groups is 1. The fraction of sp³-hybridized carbons (Fsp3) is 0.167. The Balaban J connectivity index is 0.00000208. The van der Waals surface area contributed by atoms with Crippen molar-refractivity contribution in [2.24, 2.45) is 17.3 Å². The van der Waals surface area contributed by atoms with Gasteiger partial charge in [0.05, 0.1) is 17.0 Å². The molecule has 0 aliphatic rings. The van der Waals surface area contributed by atoms with Crippen molar-refractivity contribution in [3.8, 4) is 0 Å². The van der Waals surface area contributed by atoms with Crippen LogP contribution in [0.25, 0.3) is 0 Å². The van der Waals surface area contributed by atoms with Crippen molar-refractivity contribution >= 4 is 27.8 Å². The number of aromatic nitrogens is 1. The zero-order valence-corrected chi connectivity index (χ0v) is 15.2. The summed E-state index contributed by atoms with van der Waals surface area (Å²) in [5.41, 5.74) is 3.18. The number of aryl methyl sites for hydroxylation is 2. The predicted molar refractivity (Wildman–Crippen MR) is 96.8 cm³/mol. The SMILES string of the molecule is Cc1cn(C)[c+](N=Nc2ccc(NCc3ccccc3)cc2)s1.[Cl-]. The lowest BCUT2D eigenvalue weighted by Crippen LogP contribution is -3.00. The molecule has 2 aromatic carbocycles. The van der Waals surface area contributed by atoms with Crippen LogP contribution in [0.2, 0.25) is 0 Å². The molecule has 24 heavy (non-hydrogen) atoms. The number of hydrogen-bond donors (Lipinski definition) is 1. The van der Waals surface area contributed by atoms with Crippen LogP contribution < -0.4 is 17.7 Å². The molecular formula is C18H19ClN4S. The smallest absolute Gasteiger partial charge is 0.317 e. The molecule has 3 rings (SSSR count). The molecule has 0 fully saturated rings. The van der Waals surface area contributed by atoms with Crippen molar-refractivity contribution in [3.05, 3.63) is 71.2 Å². The van der Waals surface area contributed by atoms with Gasteiger partial charge in [0, 0.05) is 26.2 Å². The number of anilines is 1. The minimum absolute atomic E-state index is 0. The van der Waals surface area contributed by atoms with Crippen LogP contribution in [0.4, 0.5) is 16.5 Å². The number of benzene rings is 2. The summed E-state index contributed by atoms with van der Waals surface area (Å²) in [6, 6.07) is 18.3. The van der Waals surface area contributed by atoms with Crippen molar-refractivity contribution in [1.82, 2.24) is 4.57 Å². The molecule has 0 amide bonds. The Kier molecular flexibility index (Phi) is 6.46. The summed E-state index contributed by atoms with van der Waals surface area (Å²) in [6.45, 7) is 2.88. The number of rotatable bonds is 5. The van der Waals surface area contributed by atoms with E-state index in [0.29, 0.717) is 0 Å². The van der Waals surface area contributed by atoms with E-state index in [1.807, 2.05) is 54.1 Å². The topological polar surface area (TPSA) is 41.7 Å². The first kappa shape index (κ1) is 18.1. The second-order valence-corrected chi connectivity index (χ2v) is 6.53. The van der Waals surface area contributed by atoms with Crippen LogP contribution in [0.15, 0.2) is 71.0 Å². The van der Waals surface area contributed by atoms with Crippen molar-refractivity contribution in [1.29, 1.82) is 0 Å². The van der Waals surface area contributed by atoms with Gasteiger partial charge in [0.25, 0.3) is 0 Å². The van der Waals surface area contributed by atoms with Gasteiger partial charge in [-0.25, -0.2) is 4.57 Å². The van der Waals surface area contributed by atoms with Gasteiger partial charge in [-0.2, -0.15) is 0 Å². The summed E-state index contributed by atoms with van der Waals surface area (Å²) in [6.07, 6.45) is 2.05. The van der Waals surface area contributed by atoms with Gasteiger partial charge in [-0.1, -0.05) is 35.4 Å². The van der Waals surface area contributed by atoms with Gasteiger partial charge in [0.1, 0.15) is 0 Å². The van der Waals surface area contributed by atoms with Crippen LogP contribution in [-0.2, 0) is 13.6 Å². The zero-order valence-electron chi connectivity index (χ0n) is 13.6. The van der Waals surface area contributed by atoms with Gasteiger partial charge in [0.15, 0.2) is 11.1 Å². The lowest BCUT2D eigenvalue weighted by Gasteiger charge is -2.06. The molecule has 1 aromatic heterocycles. The molecular weight excluding hydrogens is 340 g/mol. The third kappa shape index (κ3) is 4.88. The lowest BCUT2D eigenvalue weighted by atomic mass is 10.2. The van der Waals surface area contributed by atoms with Gasteiger partial charge in [-0.15, -0.1) is 5.11 Å². The molecule has 0 spiro atoms. The average Bonchev–Trinajstić information content (AvgIpc) is 2.90. The average molecular weight is 359 g/mol. The Morgan fingerprint density at radius 3 is 2.42 bits per heavy atom. The largest absolute Gasteiger partial charge is 1.00 e. The highest BCUT2D eigenvalue weighted by molar-refractivity contribution is 7.15. The molecule has 0 saturated heterocycles. The molecule has 0 bridgehead atoms. The van der Waals surface area contributed by atoms with E-state index in [4.69, 9.17) is 0 Å². The highest BCUT2D eigenvalue weighted by Gasteiger charge is 2.09. The molecule has 1 heterocycles. The maximum Gasteiger partial charge on any atom is 0.317 e. The molecule has 0 unspecified atom stereocenters. The summed E-state index contributed by atoms with van der Waals surface area (Å²) in [5.74, 6) is 0. The summed E-state index contributed by atoms with van der Waals surface area (Å²) in [4.78, 5) is 1.22. The van der Waals surface area contributed by atoms with Crippen LogP contribution in [0.3, 0.4) is 0 Å². The Labute approximate surface area is 152 Å². The lowest BCUT2D eigenvalue weighted by molar-refractivity contribution is -0.00000471. The van der Waals surface area contributed by atoms with Crippen molar-refractivity contribution in [2.45, 2.75) is 13.5 Å². The van der Waals surface area contributed by atoms with Gasteiger partial charge >= 0.3 is 5.13 Å². The quantitative estimate of drug-likeness (QED) is 0.553. The fourth-order valence-corrected chi connectivity index (χ4v) is 2.98. The molecule has 6 heteroatoms. The maximum atomic E-state index is 4.31. The third-order valence-corrected chi connectivity index (χ3v) is 4.37. The van der Waals surface area contributed by atoms with E-state index < -0.39 is 0 Å². The van der Waals surface area contributed by atoms with Crippen LogP contribution in [0.5, 0.6) is 0 Å². The molecule has 4 nitrogen and oxygen atoms in total. The zero-order chi connectivity index (χ0) is 16.1. The molecule has 0 aliphatic heterocycles. The van der Waals surface area contributed by atoms with Crippen LogP contribution in [0.1, 0.15) is 10.4 Å². The Bertz CT molecular complexity index is 798. The normalized spacial score (nSPS) is 10.6. The summed E-state index contributed by atoms with van der Waals surface area (Å²) < 4.78 is 1.99. The Hall–Kier alpha value is -2.24. The predicted octanol–water partition coefficient (Wildman–Crippen LogP) is 2.71. The fourth-order valence-electron chi connectivity index (χ4n) is 2.21. The number of nitrogens with zero attached hydrogens (tertiary/aromatic N) is 3.